The second-order valence-electron chi connectivity index (χ2n) is 2.60. The van der Waals surface area contributed by atoms with Crippen LogP contribution >= 0.6 is 0 Å². The topological polar surface area (TPSA) is 76.5 Å². The first-order chi connectivity index (χ1) is 6.27. The summed E-state index contributed by atoms with van der Waals surface area (Å²) in [7, 11) is 1.67. The largest absolute Gasteiger partial charge is 0.318 e. The second-order valence-corrected chi connectivity index (χ2v) is 2.60. The van der Waals surface area contributed by atoms with Gasteiger partial charge < -0.3 is 4.57 Å². The Morgan fingerprint density at radius 3 is 2.92 bits per heavy atom. The lowest BCUT2D eigenvalue weighted by Crippen LogP contribution is -2.14. The molecule has 2 aromatic heterocycles. The van der Waals surface area contributed by atoms with E-state index in [1.54, 1.807) is 19.3 Å². The van der Waals surface area contributed by atoms with E-state index in [-0.39, 0.29) is 5.56 Å². The van der Waals surface area contributed by atoms with E-state index < -0.39 is 0 Å². The minimum atomic E-state index is -0.0627. The Hall–Kier alpha value is -1.98. The van der Waals surface area contributed by atoms with Crippen LogP contribution in [0, 0.1) is 0 Å². The molecule has 13 heavy (non-hydrogen) atoms. The Balaban J connectivity index is 2.55. The molecule has 0 aliphatic heterocycles. The van der Waals surface area contributed by atoms with Gasteiger partial charge in [0.05, 0.1) is 0 Å². The molecule has 2 heterocycles. The van der Waals surface area contributed by atoms with Crippen molar-refractivity contribution in [1.29, 1.82) is 0 Å². The SMILES string of the molecule is Cn1cc(-c2nn[nH]n2)ccc1=O. The lowest BCUT2D eigenvalue weighted by molar-refractivity contribution is 0.860. The monoisotopic (exact) mass is 177 g/mol. The van der Waals surface area contributed by atoms with Gasteiger partial charge in [0, 0.05) is 24.9 Å². The summed E-state index contributed by atoms with van der Waals surface area (Å²) >= 11 is 0. The minimum absolute atomic E-state index is 0.0627. The van der Waals surface area contributed by atoms with Crippen LogP contribution in [0.5, 0.6) is 0 Å². The molecule has 0 bridgehead atoms. The van der Waals surface area contributed by atoms with Gasteiger partial charge in [-0.1, -0.05) is 0 Å². The van der Waals surface area contributed by atoms with Crippen LogP contribution in [0.4, 0.5) is 0 Å². The third-order valence-corrected chi connectivity index (χ3v) is 1.69. The molecule has 6 heteroatoms. The van der Waals surface area contributed by atoms with Crippen LogP contribution < -0.4 is 5.56 Å². The van der Waals surface area contributed by atoms with E-state index in [9.17, 15) is 4.79 Å². The summed E-state index contributed by atoms with van der Waals surface area (Å²) in [4.78, 5) is 11.0. The summed E-state index contributed by atoms with van der Waals surface area (Å²) in [5.41, 5.74) is 0.697. The number of nitrogens with one attached hydrogen (secondary N) is 1. The Labute approximate surface area is 73.2 Å². The molecule has 0 aliphatic carbocycles. The molecule has 0 saturated heterocycles. The average molecular weight is 177 g/mol. The fourth-order valence-electron chi connectivity index (χ4n) is 1.01. The fraction of sp³-hybridized carbons (Fsp3) is 0.143. The predicted octanol–water partition coefficient (Wildman–Crippen LogP) is -0.435. The Kier molecular flexibility index (Phi) is 1.66. The van der Waals surface area contributed by atoms with Gasteiger partial charge in [-0.3, -0.25) is 4.79 Å². The van der Waals surface area contributed by atoms with Crippen molar-refractivity contribution in [3.05, 3.63) is 28.7 Å². The Bertz CT molecular complexity index is 458. The average Bonchev–Trinajstić information content (AvgIpc) is 2.62. The molecule has 6 nitrogen and oxygen atoms in total. The third kappa shape index (κ3) is 1.33. The van der Waals surface area contributed by atoms with Crippen molar-refractivity contribution in [1.82, 2.24) is 25.2 Å². The molecule has 0 amide bonds. The maximum atomic E-state index is 11.0. The summed E-state index contributed by atoms with van der Waals surface area (Å²) in [5.74, 6) is 0.482. The molecule has 2 rings (SSSR count). The molecule has 0 saturated carbocycles. The number of H-pyrrole nitrogens is 1. The molecule has 66 valence electrons. The zero-order valence-corrected chi connectivity index (χ0v) is 6.93. The van der Waals surface area contributed by atoms with Crippen molar-refractivity contribution >= 4 is 0 Å². The van der Waals surface area contributed by atoms with E-state index in [1.807, 2.05) is 0 Å². The molecule has 0 aliphatic rings. The maximum Gasteiger partial charge on any atom is 0.250 e. The number of hydrogen-bond donors (Lipinski definition) is 1. The highest BCUT2D eigenvalue weighted by Gasteiger charge is 2.02. The molecule has 1 N–H and O–H groups in total. The number of nitrogens with zero attached hydrogens (tertiary/aromatic N) is 4. The van der Waals surface area contributed by atoms with Crippen molar-refractivity contribution < 1.29 is 0 Å². The van der Waals surface area contributed by atoms with Gasteiger partial charge in [-0.25, -0.2) is 0 Å². The number of aromatic amines is 1. The number of tetrazole rings is 1. The first-order valence-corrected chi connectivity index (χ1v) is 3.68. The number of pyridine rings is 1. The summed E-state index contributed by atoms with van der Waals surface area (Å²) in [6.45, 7) is 0. The van der Waals surface area contributed by atoms with Gasteiger partial charge in [-0.05, 0) is 11.3 Å². The van der Waals surface area contributed by atoms with Crippen LogP contribution in [0.3, 0.4) is 0 Å². The number of aryl methyl sites for hydroxylation is 1. The predicted molar refractivity (Wildman–Crippen MR) is 44.9 cm³/mol. The van der Waals surface area contributed by atoms with Crippen molar-refractivity contribution in [3.63, 3.8) is 0 Å². The van der Waals surface area contributed by atoms with Crippen molar-refractivity contribution in [2.75, 3.05) is 0 Å². The quantitative estimate of drug-likeness (QED) is 0.641. The molecule has 0 fully saturated rings. The van der Waals surface area contributed by atoms with Crippen LogP contribution in [0.25, 0.3) is 11.4 Å². The van der Waals surface area contributed by atoms with Gasteiger partial charge in [0.15, 0.2) is 0 Å². The molecule has 0 aromatic carbocycles. The molecule has 0 atom stereocenters. The first-order valence-electron chi connectivity index (χ1n) is 3.68. The van der Waals surface area contributed by atoms with Crippen LogP contribution in [-0.4, -0.2) is 25.2 Å². The van der Waals surface area contributed by atoms with E-state index >= 15 is 0 Å². The number of rotatable bonds is 1. The molecule has 0 spiro atoms. The van der Waals surface area contributed by atoms with Gasteiger partial charge in [-0.15, -0.1) is 10.2 Å². The first kappa shape index (κ1) is 7.66. The maximum absolute atomic E-state index is 11.0. The van der Waals surface area contributed by atoms with E-state index in [1.165, 1.54) is 10.6 Å². The van der Waals surface area contributed by atoms with E-state index in [0.29, 0.717) is 5.82 Å². The summed E-state index contributed by atoms with van der Waals surface area (Å²) in [5, 5.41) is 13.4. The van der Waals surface area contributed by atoms with Crippen molar-refractivity contribution in [3.8, 4) is 11.4 Å². The van der Waals surface area contributed by atoms with Crippen molar-refractivity contribution in [2.45, 2.75) is 0 Å². The van der Waals surface area contributed by atoms with E-state index in [2.05, 4.69) is 20.6 Å². The normalized spacial score (nSPS) is 10.2. The smallest absolute Gasteiger partial charge is 0.250 e. The highest BCUT2D eigenvalue weighted by atomic mass is 16.1. The van der Waals surface area contributed by atoms with Crippen LogP contribution in [0.2, 0.25) is 0 Å². The van der Waals surface area contributed by atoms with Crippen LogP contribution in [0.15, 0.2) is 23.1 Å². The van der Waals surface area contributed by atoms with Crippen LogP contribution in [-0.2, 0) is 7.05 Å². The Morgan fingerprint density at radius 1 is 1.46 bits per heavy atom. The van der Waals surface area contributed by atoms with Gasteiger partial charge in [0.1, 0.15) is 0 Å². The fourth-order valence-corrected chi connectivity index (χ4v) is 1.01. The van der Waals surface area contributed by atoms with Gasteiger partial charge >= 0.3 is 0 Å². The van der Waals surface area contributed by atoms with Crippen molar-refractivity contribution in [2.24, 2.45) is 7.05 Å². The summed E-state index contributed by atoms with van der Waals surface area (Å²) in [6.07, 6.45) is 1.66. The van der Waals surface area contributed by atoms with Gasteiger partial charge in [0.2, 0.25) is 11.4 Å². The number of hydrogen-bond acceptors (Lipinski definition) is 4. The molecular weight excluding hydrogens is 170 g/mol. The lowest BCUT2D eigenvalue weighted by atomic mass is 10.3. The highest BCUT2D eigenvalue weighted by Crippen LogP contribution is 2.08. The van der Waals surface area contributed by atoms with E-state index in [0.717, 1.165) is 5.56 Å². The summed E-state index contributed by atoms with van der Waals surface area (Å²) in [6, 6.07) is 3.12. The van der Waals surface area contributed by atoms with E-state index in [4.69, 9.17) is 0 Å². The zero-order valence-electron chi connectivity index (χ0n) is 6.93. The van der Waals surface area contributed by atoms with Gasteiger partial charge in [0.25, 0.3) is 0 Å². The molecular formula is C7H7N5O. The number of aromatic nitrogens is 5. The molecule has 2 aromatic rings. The standard InChI is InChI=1S/C7H7N5O/c1-12-4-5(2-3-6(12)13)7-8-10-11-9-7/h2-4H,1H3,(H,8,9,10,11). The molecule has 0 unspecified atom stereocenters. The second kappa shape index (κ2) is 2.81. The zero-order chi connectivity index (χ0) is 9.26. The summed E-state index contributed by atoms with van der Waals surface area (Å²) < 4.78 is 1.46. The third-order valence-electron chi connectivity index (χ3n) is 1.69. The Morgan fingerprint density at radius 2 is 2.31 bits per heavy atom. The molecule has 0 radical (unpaired) electrons. The van der Waals surface area contributed by atoms with Gasteiger partial charge in [-0.2, -0.15) is 5.21 Å². The minimum Gasteiger partial charge on any atom is -0.318 e. The van der Waals surface area contributed by atoms with Crippen LogP contribution in [0.1, 0.15) is 0 Å². The lowest BCUT2D eigenvalue weighted by Gasteiger charge is -1.97. The highest BCUT2D eigenvalue weighted by molar-refractivity contribution is 5.51.